The van der Waals surface area contributed by atoms with E-state index in [1.54, 1.807) is 0 Å². The standard InChI is InChI=1S/C30H34N4S/c1-19(2)21-10-13-23(14-11-21)34-28(27(32-29(34)35)25-9-7-8-16-31-25)22-12-15-26-24(17-22)20(3)18-30(4,5)33(26)6/h7-19,27-28H,1-6H3,(H,32,35)/t27-,28+/m0/s1. The molecule has 4 nitrogen and oxygen atoms in total. The van der Waals surface area contributed by atoms with Gasteiger partial charge >= 0.3 is 0 Å². The number of rotatable bonds is 4. The zero-order valence-electron chi connectivity index (χ0n) is 21.4. The molecule has 1 N–H and O–H groups in total. The van der Waals surface area contributed by atoms with E-state index >= 15 is 0 Å². The molecule has 1 aromatic heterocycles. The molecule has 2 aliphatic heterocycles. The molecule has 180 valence electrons. The van der Waals surface area contributed by atoms with Crippen molar-refractivity contribution in [2.45, 2.75) is 58.2 Å². The molecule has 1 fully saturated rings. The maximum atomic E-state index is 5.92. The van der Waals surface area contributed by atoms with Gasteiger partial charge in [-0.15, -0.1) is 0 Å². The molecule has 2 atom stereocenters. The fourth-order valence-electron chi connectivity index (χ4n) is 5.35. The molecule has 0 radical (unpaired) electrons. The first kappa shape index (κ1) is 23.6. The first-order chi connectivity index (χ1) is 16.7. The maximum absolute atomic E-state index is 5.92. The summed E-state index contributed by atoms with van der Waals surface area (Å²) >= 11 is 5.92. The average molecular weight is 483 g/mol. The van der Waals surface area contributed by atoms with Gasteiger partial charge in [-0.25, -0.2) is 0 Å². The van der Waals surface area contributed by atoms with E-state index in [9.17, 15) is 0 Å². The van der Waals surface area contributed by atoms with E-state index in [1.807, 2.05) is 18.3 Å². The number of hydrogen-bond donors (Lipinski definition) is 1. The van der Waals surface area contributed by atoms with Gasteiger partial charge < -0.3 is 15.1 Å². The van der Waals surface area contributed by atoms with Crippen LogP contribution in [0, 0.1) is 0 Å². The smallest absolute Gasteiger partial charge is 0.174 e. The van der Waals surface area contributed by atoms with Crippen molar-refractivity contribution < 1.29 is 0 Å². The fourth-order valence-corrected chi connectivity index (χ4v) is 5.70. The lowest BCUT2D eigenvalue weighted by molar-refractivity contribution is 0.566. The van der Waals surface area contributed by atoms with Crippen LogP contribution >= 0.6 is 12.2 Å². The van der Waals surface area contributed by atoms with Gasteiger partial charge in [0.05, 0.1) is 23.3 Å². The van der Waals surface area contributed by atoms with Gasteiger partial charge in [0, 0.05) is 30.2 Å². The molecule has 5 rings (SSSR count). The predicted molar refractivity (Wildman–Crippen MR) is 151 cm³/mol. The van der Waals surface area contributed by atoms with Gasteiger partial charge in [-0.3, -0.25) is 4.98 Å². The second kappa shape index (κ2) is 8.80. The molecule has 0 unspecified atom stereocenters. The summed E-state index contributed by atoms with van der Waals surface area (Å²) in [7, 11) is 2.17. The third-order valence-corrected chi connectivity index (χ3v) is 7.83. The van der Waals surface area contributed by atoms with E-state index in [0.717, 1.165) is 16.5 Å². The van der Waals surface area contributed by atoms with Crippen LogP contribution in [0.3, 0.4) is 0 Å². The Bertz CT molecular complexity index is 1280. The molecule has 0 spiro atoms. The van der Waals surface area contributed by atoms with E-state index in [0.29, 0.717) is 5.92 Å². The summed E-state index contributed by atoms with van der Waals surface area (Å²) in [5, 5.41) is 4.32. The summed E-state index contributed by atoms with van der Waals surface area (Å²) in [6.07, 6.45) is 4.21. The summed E-state index contributed by atoms with van der Waals surface area (Å²) in [5.41, 5.74) is 8.45. The zero-order valence-corrected chi connectivity index (χ0v) is 22.2. The molecular formula is C30H34N4S. The second-order valence-corrected chi connectivity index (χ2v) is 10.9. The first-order valence-electron chi connectivity index (χ1n) is 12.4. The number of nitrogens with zero attached hydrogens (tertiary/aromatic N) is 3. The number of aromatic nitrogens is 1. The highest BCUT2D eigenvalue weighted by atomic mass is 32.1. The third kappa shape index (κ3) is 4.12. The van der Waals surface area contributed by atoms with Crippen LogP contribution in [-0.2, 0) is 0 Å². The Hall–Kier alpha value is -3.18. The van der Waals surface area contributed by atoms with Crippen LogP contribution in [0.2, 0.25) is 0 Å². The number of anilines is 2. The van der Waals surface area contributed by atoms with E-state index in [1.165, 1.54) is 28.0 Å². The van der Waals surface area contributed by atoms with E-state index in [2.05, 4.69) is 111 Å². The van der Waals surface area contributed by atoms with Crippen molar-refractivity contribution >= 4 is 34.3 Å². The Labute approximate surface area is 214 Å². The van der Waals surface area contributed by atoms with Gasteiger partial charge in [-0.1, -0.05) is 44.2 Å². The molecule has 0 amide bonds. The Morgan fingerprint density at radius 1 is 1.03 bits per heavy atom. The molecule has 1 saturated heterocycles. The van der Waals surface area contributed by atoms with Crippen molar-refractivity contribution in [2.24, 2.45) is 0 Å². The van der Waals surface area contributed by atoms with Crippen LogP contribution in [0.15, 0.2) is 72.9 Å². The molecular weight excluding hydrogens is 448 g/mol. The van der Waals surface area contributed by atoms with E-state index in [4.69, 9.17) is 17.2 Å². The van der Waals surface area contributed by atoms with Gasteiger partial charge in [0.2, 0.25) is 0 Å². The molecule has 0 aliphatic carbocycles. The van der Waals surface area contributed by atoms with Gasteiger partial charge in [0.15, 0.2) is 5.11 Å². The molecule has 35 heavy (non-hydrogen) atoms. The van der Waals surface area contributed by atoms with Crippen LogP contribution < -0.4 is 15.1 Å². The topological polar surface area (TPSA) is 31.4 Å². The van der Waals surface area contributed by atoms with Gasteiger partial charge in [-0.2, -0.15) is 0 Å². The molecule has 5 heteroatoms. The quantitative estimate of drug-likeness (QED) is 0.404. The molecule has 2 aliphatic rings. The lowest BCUT2D eigenvalue weighted by atomic mass is 9.86. The largest absolute Gasteiger partial charge is 0.366 e. The number of fused-ring (bicyclic) bond motifs is 1. The normalized spacial score (nSPS) is 21.1. The number of benzene rings is 2. The van der Waals surface area contributed by atoms with Crippen molar-refractivity contribution in [3.63, 3.8) is 0 Å². The fraction of sp³-hybridized carbons (Fsp3) is 0.333. The first-order valence-corrected chi connectivity index (χ1v) is 12.8. The number of hydrogen-bond acceptors (Lipinski definition) is 3. The highest BCUT2D eigenvalue weighted by Crippen LogP contribution is 2.45. The monoisotopic (exact) mass is 482 g/mol. The Balaban J connectivity index is 1.63. The highest BCUT2D eigenvalue weighted by Gasteiger charge is 2.41. The SMILES string of the molecule is CC1=CC(C)(C)N(C)c2ccc([C@@H]3[C@H](c4ccccn4)NC(=S)N3c3ccc(C(C)C)cc3)cc21. The van der Waals surface area contributed by atoms with E-state index in [-0.39, 0.29) is 17.6 Å². The highest BCUT2D eigenvalue weighted by molar-refractivity contribution is 7.80. The third-order valence-electron chi connectivity index (χ3n) is 7.52. The summed E-state index contributed by atoms with van der Waals surface area (Å²) < 4.78 is 0. The van der Waals surface area contributed by atoms with Crippen LogP contribution in [-0.4, -0.2) is 22.7 Å². The van der Waals surface area contributed by atoms with Crippen molar-refractivity contribution in [2.75, 3.05) is 16.8 Å². The van der Waals surface area contributed by atoms with Crippen molar-refractivity contribution in [3.05, 3.63) is 95.3 Å². The van der Waals surface area contributed by atoms with Gasteiger partial charge in [0.1, 0.15) is 0 Å². The Kier molecular flexibility index (Phi) is 5.92. The zero-order chi connectivity index (χ0) is 24.9. The maximum Gasteiger partial charge on any atom is 0.174 e. The van der Waals surface area contributed by atoms with Gasteiger partial charge in [-0.05, 0) is 92.0 Å². The van der Waals surface area contributed by atoms with E-state index < -0.39 is 0 Å². The van der Waals surface area contributed by atoms with Crippen LogP contribution in [0.25, 0.3) is 5.57 Å². The molecule has 3 aromatic rings. The minimum atomic E-state index is -0.0476. The number of thiocarbonyl (C=S) groups is 1. The predicted octanol–water partition coefficient (Wildman–Crippen LogP) is 7.01. The van der Waals surface area contributed by atoms with Crippen LogP contribution in [0.5, 0.6) is 0 Å². The summed E-state index contributed by atoms with van der Waals surface area (Å²) in [5.74, 6) is 0.487. The Morgan fingerprint density at radius 3 is 2.43 bits per heavy atom. The minimum Gasteiger partial charge on any atom is -0.366 e. The number of allylic oxidation sites excluding steroid dienone is 1. The molecule has 2 aromatic carbocycles. The van der Waals surface area contributed by atoms with Crippen molar-refractivity contribution in [3.8, 4) is 0 Å². The number of nitrogens with one attached hydrogen (secondary N) is 1. The Morgan fingerprint density at radius 2 is 1.77 bits per heavy atom. The van der Waals surface area contributed by atoms with Crippen LogP contribution in [0.4, 0.5) is 11.4 Å². The number of pyridine rings is 1. The summed E-state index contributed by atoms with van der Waals surface area (Å²) in [4.78, 5) is 9.32. The van der Waals surface area contributed by atoms with Crippen LogP contribution in [0.1, 0.15) is 75.0 Å². The number of likely N-dealkylation sites (N-methyl/N-ethyl adjacent to an activating group) is 1. The summed E-state index contributed by atoms with van der Waals surface area (Å²) in [6.45, 7) is 11.2. The molecule has 0 saturated carbocycles. The lowest BCUT2D eigenvalue weighted by Gasteiger charge is -2.41. The minimum absolute atomic E-state index is 0.0133. The lowest BCUT2D eigenvalue weighted by Crippen LogP contribution is -2.42. The van der Waals surface area contributed by atoms with Gasteiger partial charge in [0.25, 0.3) is 0 Å². The van der Waals surface area contributed by atoms with Crippen molar-refractivity contribution in [1.29, 1.82) is 0 Å². The second-order valence-electron chi connectivity index (χ2n) is 10.6. The van der Waals surface area contributed by atoms with Crippen molar-refractivity contribution in [1.82, 2.24) is 10.3 Å². The summed E-state index contributed by atoms with van der Waals surface area (Å²) in [6, 6.07) is 21.7. The average Bonchev–Trinajstić information content (AvgIpc) is 3.19. The molecule has 0 bridgehead atoms. The molecule has 3 heterocycles.